The summed E-state index contributed by atoms with van der Waals surface area (Å²) < 4.78 is 0. The van der Waals surface area contributed by atoms with Crippen molar-refractivity contribution in [2.75, 3.05) is 31.5 Å². The third-order valence-electron chi connectivity index (χ3n) is 4.98. The van der Waals surface area contributed by atoms with E-state index in [2.05, 4.69) is 5.32 Å². The van der Waals surface area contributed by atoms with Gasteiger partial charge in [0.2, 0.25) is 5.91 Å². The van der Waals surface area contributed by atoms with Crippen molar-refractivity contribution in [3.8, 4) is 0 Å². The minimum Gasteiger partial charge on any atom is -0.338 e. The number of benzene rings is 2. The van der Waals surface area contributed by atoms with Gasteiger partial charge in [0.25, 0.3) is 0 Å². The second-order valence-corrected chi connectivity index (χ2v) is 7.64. The molecule has 0 radical (unpaired) electrons. The lowest BCUT2D eigenvalue weighted by Crippen LogP contribution is -2.55. The van der Waals surface area contributed by atoms with Crippen LogP contribution in [-0.4, -0.2) is 47.9 Å². The monoisotopic (exact) mass is 385 g/mol. The first-order chi connectivity index (χ1) is 12.9. The van der Waals surface area contributed by atoms with E-state index in [-0.39, 0.29) is 11.9 Å². The van der Waals surface area contributed by atoms with E-state index in [1.165, 1.54) is 0 Å². The average molecular weight is 386 g/mol. The summed E-state index contributed by atoms with van der Waals surface area (Å²) in [5.41, 5.74) is 1.11. The Kier molecular flexibility index (Phi) is 5.71. The Bertz CT molecular complexity index is 798. The number of piperazine rings is 1. The predicted octanol–water partition coefficient (Wildman–Crippen LogP) is 3.99. The summed E-state index contributed by atoms with van der Waals surface area (Å²) in [6.07, 6.45) is 0. The molecule has 5 nitrogen and oxygen atoms in total. The van der Waals surface area contributed by atoms with E-state index in [1.54, 1.807) is 29.2 Å². The normalized spacial score (nSPS) is 14.8. The number of hydrogen-bond donors (Lipinski definition) is 1. The van der Waals surface area contributed by atoms with Gasteiger partial charge in [0.15, 0.2) is 0 Å². The van der Waals surface area contributed by atoms with E-state index in [9.17, 15) is 9.59 Å². The first-order valence-electron chi connectivity index (χ1n) is 9.04. The third-order valence-corrected chi connectivity index (χ3v) is 5.23. The van der Waals surface area contributed by atoms with Gasteiger partial charge in [0.05, 0.1) is 5.41 Å². The van der Waals surface area contributed by atoms with Crippen molar-refractivity contribution in [2.45, 2.75) is 19.3 Å². The molecular formula is C21H24ClN3O2. The molecule has 1 N–H and O–H groups in total. The Hall–Kier alpha value is -2.53. The van der Waals surface area contributed by atoms with Gasteiger partial charge in [-0.05, 0) is 43.7 Å². The third kappa shape index (κ3) is 4.42. The number of nitrogens with zero attached hydrogens (tertiary/aromatic N) is 2. The first-order valence-corrected chi connectivity index (χ1v) is 9.42. The maximum absolute atomic E-state index is 13.0. The average Bonchev–Trinajstić information content (AvgIpc) is 2.70. The SMILES string of the molecule is CC(C)(C(=O)N1CCN(C(=O)Nc2ccc(Cl)cc2)CC1)c1ccccc1. The number of hydrogen-bond acceptors (Lipinski definition) is 2. The van der Waals surface area contributed by atoms with E-state index in [1.807, 2.05) is 49.1 Å². The fourth-order valence-electron chi connectivity index (χ4n) is 3.22. The Labute approximate surface area is 164 Å². The number of urea groups is 1. The van der Waals surface area contributed by atoms with Crippen LogP contribution < -0.4 is 5.32 Å². The standard InChI is InChI=1S/C21H24ClN3O2/c1-21(2,16-6-4-3-5-7-16)19(26)24-12-14-25(15-13-24)20(27)23-18-10-8-17(22)9-11-18/h3-11H,12-15H2,1-2H3,(H,23,27). The van der Waals surface area contributed by atoms with Crippen molar-refractivity contribution in [1.82, 2.24) is 9.80 Å². The molecule has 1 aliphatic rings. The van der Waals surface area contributed by atoms with E-state index in [0.29, 0.717) is 36.9 Å². The number of rotatable bonds is 3. The van der Waals surface area contributed by atoms with E-state index >= 15 is 0 Å². The molecule has 1 fully saturated rings. The van der Waals surface area contributed by atoms with Crippen LogP contribution in [0.15, 0.2) is 54.6 Å². The smallest absolute Gasteiger partial charge is 0.321 e. The first kappa shape index (κ1) is 19.2. The Morgan fingerprint density at radius 1 is 0.889 bits per heavy atom. The molecule has 0 aliphatic carbocycles. The van der Waals surface area contributed by atoms with E-state index < -0.39 is 5.41 Å². The van der Waals surface area contributed by atoms with Gasteiger partial charge in [-0.2, -0.15) is 0 Å². The summed E-state index contributed by atoms with van der Waals surface area (Å²) in [5.74, 6) is 0.0893. The van der Waals surface area contributed by atoms with Gasteiger partial charge < -0.3 is 15.1 Å². The van der Waals surface area contributed by atoms with Crippen LogP contribution in [0.25, 0.3) is 0 Å². The fraction of sp³-hybridized carbons (Fsp3) is 0.333. The van der Waals surface area contributed by atoms with Crippen LogP contribution in [0.1, 0.15) is 19.4 Å². The molecule has 3 rings (SSSR count). The molecule has 0 atom stereocenters. The van der Waals surface area contributed by atoms with Crippen molar-refractivity contribution < 1.29 is 9.59 Å². The molecule has 1 aliphatic heterocycles. The van der Waals surface area contributed by atoms with Crippen LogP contribution in [0.5, 0.6) is 0 Å². The van der Waals surface area contributed by atoms with Crippen LogP contribution in [0, 0.1) is 0 Å². The lowest BCUT2D eigenvalue weighted by molar-refractivity contribution is -0.137. The predicted molar refractivity (Wildman–Crippen MR) is 108 cm³/mol. The van der Waals surface area contributed by atoms with E-state index in [0.717, 1.165) is 5.56 Å². The summed E-state index contributed by atoms with van der Waals surface area (Å²) >= 11 is 5.86. The molecule has 1 saturated heterocycles. The zero-order valence-electron chi connectivity index (χ0n) is 15.6. The quantitative estimate of drug-likeness (QED) is 0.868. The molecule has 6 heteroatoms. The Morgan fingerprint density at radius 3 is 2.04 bits per heavy atom. The minimum atomic E-state index is -0.588. The Morgan fingerprint density at radius 2 is 1.44 bits per heavy atom. The molecule has 27 heavy (non-hydrogen) atoms. The molecule has 0 aromatic heterocycles. The highest BCUT2D eigenvalue weighted by atomic mass is 35.5. The highest BCUT2D eigenvalue weighted by molar-refractivity contribution is 6.30. The van der Waals surface area contributed by atoms with Gasteiger partial charge in [-0.25, -0.2) is 4.79 Å². The minimum absolute atomic E-state index is 0.0893. The van der Waals surface area contributed by atoms with Crippen molar-refractivity contribution in [2.24, 2.45) is 0 Å². The van der Waals surface area contributed by atoms with Gasteiger partial charge in [-0.15, -0.1) is 0 Å². The van der Waals surface area contributed by atoms with Crippen LogP contribution in [0.4, 0.5) is 10.5 Å². The maximum atomic E-state index is 13.0. The highest BCUT2D eigenvalue weighted by Crippen LogP contribution is 2.26. The molecule has 3 amide bonds. The summed E-state index contributed by atoms with van der Waals surface area (Å²) in [6, 6.07) is 16.6. The molecule has 0 spiro atoms. The summed E-state index contributed by atoms with van der Waals surface area (Å²) in [4.78, 5) is 29.0. The number of halogens is 1. The maximum Gasteiger partial charge on any atom is 0.321 e. The number of nitrogens with one attached hydrogen (secondary N) is 1. The zero-order chi connectivity index (χ0) is 19.4. The number of carbonyl (C=O) groups is 2. The highest BCUT2D eigenvalue weighted by Gasteiger charge is 2.35. The van der Waals surface area contributed by atoms with Crippen LogP contribution in [-0.2, 0) is 10.2 Å². The van der Waals surface area contributed by atoms with Gasteiger partial charge in [0, 0.05) is 36.9 Å². The summed E-state index contributed by atoms with van der Waals surface area (Å²) in [6.45, 7) is 5.98. The second kappa shape index (κ2) is 8.01. The molecule has 0 unspecified atom stereocenters. The van der Waals surface area contributed by atoms with Crippen molar-refractivity contribution in [1.29, 1.82) is 0 Å². The Balaban J connectivity index is 1.57. The van der Waals surface area contributed by atoms with Gasteiger partial charge in [-0.3, -0.25) is 4.79 Å². The lowest BCUT2D eigenvalue weighted by atomic mass is 9.83. The molecule has 0 bridgehead atoms. The fourth-order valence-corrected chi connectivity index (χ4v) is 3.35. The lowest BCUT2D eigenvalue weighted by Gasteiger charge is -2.38. The molecule has 2 aromatic rings. The van der Waals surface area contributed by atoms with Crippen molar-refractivity contribution in [3.63, 3.8) is 0 Å². The number of amides is 3. The molecule has 0 saturated carbocycles. The van der Waals surface area contributed by atoms with E-state index in [4.69, 9.17) is 11.6 Å². The van der Waals surface area contributed by atoms with Gasteiger partial charge in [0.1, 0.15) is 0 Å². The number of carbonyl (C=O) groups excluding carboxylic acids is 2. The molecule has 1 heterocycles. The summed E-state index contributed by atoms with van der Waals surface area (Å²) in [5, 5.41) is 3.49. The van der Waals surface area contributed by atoms with Crippen molar-refractivity contribution in [3.05, 3.63) is 65.2 Å². The molecule has 142 valence electrons. The molecular weight excluding hydrogens is 362 g/mol. The zero-order valence-corrected chi connectivity index (χ0v) is 16.4. The van der Waals surface area contributed by atoms with Crippen molar-refractivity contribution >= 4 is 29.2 Å². The molecule has 2 aromatic carbocycles. The summed E-state index contributed by atoms with van der Waals surface area (Å²) in [7, 11) is 0. The van der Waals surface area contributed by atoms with Crippen LogP contribution in [0.3, 0.4) is 0 Å². The second-order valence-electron chi connectivity index (χ2n) is 7.21. The van der Waals surface area contributed by atoms with Crippen LogP contribution in [0.2, 0.25) is 5.02 Å². The number of anilines is 1. The largest absolute Gasteiger partial charge is 0.338 e. The van der Waals surface area contributed by atoms with Crippen LogP contribution >= 0.6 is 11.6 Å². The van der Waals surface area contributed by atoms with Gasteiger partial charge in [-0.1, -0.05) is 41.9 Å². The van der Waals surface area contributed by atoms with Gasteiger partial charge >= 0.3 is 6.03 Å². The topological polar surface area (TPSA) is 52.7 Å².